The van der Waals surface area contributed by atoms with Gasteiger partial charge < -0.3 is 10.1 Å². The Morgan fingerprint density at radius 3 is 2.54 bits per heavy atom. The number of hydrogen-bond donors (Lipinski definition) is 1. The average molecular weight is 185 g/mol. The highest BCUT2D eigenvalue weighted by Crippen LogP contribution is 2.30. The van der Waals surface area contributed by atoms with Crippen LogP contribution in [0.2, 0.25) is 0 Å². The van der Waals surface area contributed by atoms with Crippen molar-refractivity contribution in [2.24, 2.45) is 5.92 Å². The molecule has 1 aliphatic carbocycles. The van der Waals surface area contributed by atoms with Gasteiger partial charge in [-0.05, 0) is 31.7 Å². The second-order valence-corrected chi connectivity index (χ2v) is 4.06. The van der Waals surface area contributed by atoms with Crippen molar-refractivity contribution in [3.8, 4) is 0 Å². The van der Waals surface area contributed by atoms with Crippen molar-refractivity contribution in [1.82, 2.24) is 5.32 Å². The fourth-order valence-corrected chi connectivity index (χ4v) is 2.32. The van der Waals surface area contributed by atoms with Crippen LogP contribution < -0.4 is 5.32 Å². The van der Waals surface area contributed by atoms with Gasteiger partial charge in [-0.3, -0.25) is 0 Å². The molecule has 1 N–H and O–H groups in total. The lowest BCUT2D eigenvalue weighted by Crippen LogP contribution is -2.27. The van der Waals surface area contributed by atoms with Gasteiger partial charge in [0.25, 0.3) is 0 Å². The molecule has 0 saturated heterocycles. The molecule has 1 rings (SSSR count). The molecule has 2 heteroatoms. The molecule has 0 radical (unpaired) electrons. The highest BCUT2D eigenvalue weighted by atomic mass is 16.5. The van der Waals surface area contributed by atoms with Crippen LogP contribution in [0.1, 0.15) is 39.5 Å². The fourth-order valence-electron chi connectivity index (χ4n) is 2.32. The van der Waals surface area contributed by atoms with E-state index in [2.05, 4.69) is 19.2 Å². The Morgan fingerprint density at radius 2 is 2.08 bits per heavy atom. The van der Waals surface area contributed by atoms with Crippen molar-refractivity contribution in [1.29, 1.82) is 0 Å². The molecule has 1 fully saturated rings. The number of nitrogens with one attached hydrogen (secondary N) is 1. The van der Waals surface area contributed by atoms with E-state index in [1.807, 2.05) is 7.11 Å². The molecule has 0 heterocycles. The Labute approximate surface area is 82.0 Å². The lowest BCUT2D eigenvalue weighted by molar-refractivity contribution is 0.0691. The summed E-state index contributed by atoms with van der Waals surface area (Å²) in [6.07, 6.45) is 5.48. The van der Waals surface area contributed by atoms with Crippen LogP contribution in [0.4, 0.5) is 0 Å². The van der Waals surface area contributed by atoms with Crippen LogP contribution >= 0.6 is 0 Å². The van der Waals surface area contributed by atoms with Crippen molar-refractivity contribution < 1.29 is 4.74 Å². The Morgan fingerprint density at radius 1 is 1.31 bits per heavy atom. The maximum absolute atomic E-state index is 5.48. The van der Waals surface area contributed by atoms with Crippen molar-refractivity contribution in [3.63, 3.8) is 0 Å². The number of hydrogen-bond acceptors (Lipinski definition) is 2. The van der Waals surface area contributed by atoms with E-state index >= 15 is 0 Å². The van der Waals surface area contributed by atoms with Crippen LogP contribution in [0, 0.1) is 5.92 Å². The largest absolute Gasteiger partial charge is 0.381 e. The van der Waals surface area contributed by atoms with Gasteiger partial charge >= 0.3 is 0 Å². The highest BCUT2D eigenvalue weighted by molar-refractivity contribution is 4.87. The van der Waals surface area contributed by atoms with Crippen LogP contribution in [0.3, 0.4) is 0 Å². The van der Waals surface area contributed by atoms with Crippen LogP contribution in [0.5, 0.6) is 0 Å². The predicted molar refractivity (Wildman–Crippen MR) is 55.9 cm³/mol. The molecule has 1 aliphatic rings. The minimum absolute atomic E-state index is 0.499. The van der Waals surface area contributed by atoms with Crippen LogP contribution in [0.15, 0.2) is 0 Å². The zero-order valence-corrected chi connectivity index (χ0v) is 9.18. The Bertz CT molecular complexity index is 126. The predicted octanol–water partition coefficient (Wildman–Crippen LogP) is 2.19. The lowest BCUT2D eigenvalue weighted by Gasteiger charge is -2.14. The molecule has 3 unspecified atom stereocenters. The molecule has 13 heavy (non-hydrogen) atoms. The molecule has 0 aromatic rings. The molecule has 78 valence electrons. The van der Waals surface area contributed by atoms with Gasteiger partial charge in [0.05, 0.1) is 6.10 Å². The molecular formula is C11H23NO. The Balaban J connectivity index is 2.30. The monoisotopic (exact) mass is 185 g/mol. The molecule has 0 spiro atoms. The van der Waals surface area contributed by atoms with Gasteiger partial charge in [-0.15, -0.1) is 0 Å². The summed E-state index contributed by atoms with van der Waals surface area (Å²) in [5, 5.41) is 3.58. The van der Waals surface area contributed by atoms with Crippen molar-refractivity contribution in [2.75, 3.05) is 13.7 Å². The first-order chi connectivity index (χ1) is 6.31. The van der Waals surface area contributed by atoms with E-state index in [-0.39, 0.29) is 0 Å². The second kappa shape index (κ2) is 5.61. The van der Waals surface area contributed by atoms with E-state index in [0.717, 1.165) is 12.5 Å². The third kappa shape index (κ3) is 2.96. The minimum atomic E-state index is 0.499. The van der Waals surface area contributed by atoms with Crippen LogP contribution in [-0.4, -0.2) is 25.8 Å². The van der Waals surface area contributed by atoms with E-state index in [4.69, 9.17) is 4.74 Å². The van der Waals surface area contributed by atoms with Gasteiger partial charge in [0, 0.05) is 13.2 Å². The third-order valence-electron chi connectivity index (χ3n) is 3.14. The van der Waals surface area contributed by atoms with E-state index in [0.29, 0.717) is 12.1 Å². The number of methoxy groups -OCH3 is 1. The maximum Gasteiger partial charge on any atom is 0.0614 e. The van der Waals surface area contributed by atoms with Gasteiger partial charge in [-0.25, -0.2) is 0 Å². The first-order valence-corrected chi connectivity index (χ1v) is 5.57. The zero-order valence-electron chi connectivity index (χ0n) is 9.18. The first-order valence-electron chi connectivity index (χ1n) is 5.57. The van der Waals surface area contributed by atoms with E-state index in [1.54, 1.807) is 0 Å². The molecule has 0 amide bonds. The Hall–Kier alpha value is -0.0800. The number of rotatable bonds is 5. The smallest absolute Gasteiger partial charge is 0.0614 e. The summed E-state index contributed by atoms with van der Waals surface area (Å²) >= 11 is 0. The van der Waals surface area contributed by atoms with Gasteiger partial charge in [0.15, 0.2) is 0 Å². The topological polar surface area (TPSA) is 21.3 Å². The highest BCUT2D eigenvalue weighted by Gasteiger charge is 2.32. The molecule has 0 bridgehead atoms. The average Bonchev–Trinajstić information content (AvgIpc) is 2.57. The quantitative estimate of drug-likeness (QED) is 0.709. The van der Waals surface area contributed by atoms with Gasteiger partial charge in [-0.2, -0.15) is 0 Å². The fraction of sp³-hybridized carbons (Fsp3) is 1.00. The van der Waals surface area contributed by atoms with Crippen molar-refractivity contribution in [3.05, 3.63) is 0 Å². The molecular weight excluding hydrogens is 162 g/mol. The SMILES string of the molecule is CCCNC1CC(CC)C(OC)C1. The maximum atomic E-state index is 5.48. The molecule has 1 saturated carbocycles. The first kappa shape index (κ1) is 11.0. The number of ether oxygens (including phenoxy) is 1. The van der Waals surface area contributed by atoms with Crippen LogP contribution in [0.25, 0.3) is 0 Å². The lowest BCUT2D eigenvalue weighted by atomic mass is 10.0. The Kier molecular flexibility index (Phi) is 4.74. The second-order valence-electron chi connectivity index (χ2n) is 4.06. The summed E-state index contributed by atoms with van der Waals surface area (Å²) < 4.78 is 5.48. The summed E-state index contributed by atoms with van der Waals surface area (Å²) in [7, 11) is 1.84. The standard InChI is InChI=1S/C11H23NO/c1-4-6-12-10-7-9(5-2)11(8-10)13-3/h9-12H,4-8H2,1-3H3. The molecule has 2 nitrogen and oxygen atoms in total. The van der Waals surface area contributed by atoms with Gasteiger partial charge in [-0.1, -0.05) is 20.3 Å². The molecule has 3 atom stereocenters. The van der Waals surface area contributed by atoms with Gasteiger partial charge in [0.1, 0.15) is 0 Å². The van der Waals surface area contributed by atoms with E-state index in [1.165, 1.54) is 25.7 Å². The summed E-state index contributed by atoms with van der Waals surface area (Å²) in [5.41, 5.74) is 0. The minimum Gasteiger partial charge on any atom is -0.381 e. The molecule has 0 aliphatic heterocycles. The molecule has 0 aromatic carbocycles. The van der Waals surface area contributed by atoms with Crippen molar-refractivity contribution >= 4 is 0 Å². The van der Waals surface area contributed by atoms with E-state index in [9.17, 15) is 0 Å². The molecule has 0 aromatic heterocycles. The van der Waals surface area contributed by atoms with Crippen LogP contribution in [-0.2, 0) is 4.74 Å². The summed E-state index contributed by atoms with van der Waals surface area (Å²) in [6, 6.07) is 0.704. The third-order valence-corrected chi connectivity index (χ3v) is 3.14. The van der Waals surface area contributed by atoms with E-state index < -0.39 is 0 Å². The summed E-state index contributed by atoms with van der Waals surface area (Å²) in [6.45, 7) is 5.63. The summed E-state index contributed by atoms with van der Waals surface area (Å²) in [5.74, 6) is 0.777. The normalized spacial score (nSPS) is 33.9. The zero-order chi connectivity index (χ0) is 9.68. The van der Waals surface area contributed by atoms with Crippen molar-refractivity contribution in [2.45, 2.75) is 51.7 Å². The van der Waals surface area contributed by atoms with Gasteiger partial charge in [0.2, 0.25) is 0 Å². The summed E-state index contributed by atoms with van der Waals surface area (Å²) in [4.78, 5) is 0.